The van der Waals surface area contributed by atoms with Gasteiger partial charge in [-0.05, 0) is 34.5 Å². The molecule has 3 nitrogen and oxygen atoms in total. The molecule has 4 heteroatoms. The molecular formula is C11H16BrN3. The van der Waals surface area contributed by atoms with Gasteiger partial charge in [0, 0.05) is 38.4 Å². The second kappa shape index (κ2) is 5.05. The highest BCUT2D eigenvalue weighted by Gasteiger charge is 2.15. The summed E-state index contributed by atoms with van der Waals surface area (Å²) in [7, 11) is 0. The molecule has 1 N–H and O–H groups in total. The van der Waals surface area contributed by atoms with Crippen molar-refractivity contribution >= 4 is 15.9 Å². The number of halogens is 1. The molecule has 0 aromatic carbocycles. The van der Waals surface area contributed by atoms with Crippen LogP contribution in [0.15, 0.2) is 22.9 Å². The van der Waals surface area contributed by atoms with Crippen molar-refractivity contribution < 1.29 is 0 Å². The van der Waals surface area contributed by atoms with Gasteiger partial charge in [-0.25, -0.2) is 4.98 Å². The predicted molar refractivity (Wildman–Crippen MR) is 64.7 cm³/mol. The third-order valence-corrected chi connectivity index (χ3v) is 3.12. The standard InChI is InChI=1S/C11H16BrN3/c1-9-7-15(5-4-13-9)8-10-2-3-11(12)14-6-10/h2-3,6,9,13H,4-5,7-8H2,1H3. The van der Waals surface area contributed by atoms with Crippen molar-refractivity contribution in [2.75, 3.05) is 19.6 Å². The van der Waals surface area contributed by atoms with Crippen LogP contribution in [0.1, 0.15) is 12.5 Å². The number of piperazine rings is 1. The van der Waals surface area contributed by atoms with Gasteiger partial charge in [0.25, 0.3) is 0 Å². The lowest BCUT2D eigenvalue weighted by atomic mass is 10.2. The molecule has 1 aliphatic heterocycles. The minimum absolute atomic E-state index is 0.599. The molecule has 1 saturated heterocycles. The molecule has 0 amide bonds. The Bertz CT molecular complexity index is 312. The quantitative estimate of drug-likeness (QED) is 0.828. The summed E-state index contributed by atoms with van der Waals surface area (Å²) in [5.41, 5.74) is 1.28. The van der Waals surface area contributed by atoms with Gasteiger partial charge in [-0.1, -0.05) is 6.07 Å². The molecule has 82 valence electrons. The summed E-state index contributed by atoms with van der Waals surface area (Å²) < 4.78 is 0.903. The topological polar surface area (TPSA) is 28.2 Å². The van der Waals surface area contributed by atoms with E-state index in [1.807, 2.05) is 12.3 Å². The lowest BCUT2D eigenvalue weighted by Gasteiger charge is -2.31. The lowest BCUT2D eigenvalue weighted by molar-refractivity contribution is 0.199. The van der Waals surface area contributed by atoms with Crippen molar-refractivity contribution in [2.24, 2.45) is 0 Å². The van der Waals surface area contributed by atoms with Crippen LogP contribution in [0.5, 0.6) is 0 Å². The highest BCUT2D eigenvalue weighted by atomic mass is 79.9. The monoisotopic (exact) mass is 269 g/mol. The maximum Gasteiger partial charge on any atom is 0.106 e. The van der Waals surface area contributed by atoms with Crippen molar-refractivity contribution in [1.29, 1.82) is 0 Å². The third-order valence-electron chi connectivity index (χ3n) is 2.65. The second-order valence-electron chi connectivity index (χ2n) is 4.08. The Hall–Kier alpha value is -0.450. The number of hydrogen-bond acceptors (Lipinski definition) is 3. The van der Waals surface area contributed by atoms with Crippen LogP contribution in [0.25, 0.3) is 0 Å². The van der Waals surface area contributed by atoms with E-state index in [2.05, 4.69) is 44.1 Å². The number of nitrogens with one attached hydrogen (secondary N) is 1. The van der Waals surface area contributed by atoms with Gasteiger partial charge in [0.15, 0.2) is 0 Å². The fourth-order valence-corrected chi connectivity index (χ4v) is 2.15. The van der Waals surface area contributed by atoms with Crippen molar-refractivity contribution in [3.63, 3.8) is 0 Å². The van der Waals surface area contributed by atoms with Gasteiger partial charge in [-0.15, -0.1) is 0 Å². The first kappa shape index (κ1) is 11.0. The summed E-state index contributed by atoms with van der Waals surface area (Å²) >= 11 is 3.35. The van der Waals surface area contributed by atoms with Crippen molar-refractivity contribution in [1.82, 2.24) is 15.2 Å². The summed E-state index contributed by atoms with van der Waals surface area (Å²) in [5, 5.41) is 3.44. The smallest absolute Gasteiger partial charge is 0.106 e. The fourth-order valence-electron chi connectivity index (χ4n) is 1.91. The van der Waals surface area contributed by atoms with E-state index in [4.69, 9.17) is 0 Å². The van der Waals surface area contributed by atoms with Crippen LogP contribution in [-0.4, -0.2) is 35.6 Å². The molecule has 1 atom stereocenters. The number of pyridine rings is 1. The van der Waals surface area contributed by atoms with Gasteiger partial charge >= 0.3 is 0 Å². The predicted octanol–water partition coefficient (Wildman–Crippen LogP) is 1.64. The Morgan fingerprint density at radius 1 is 1.60 bits per heavy atom. The van der Waals surface area contributed by atoms with E-state index in [1.165, 1.54) is 5.56 Å². The first-order valence-electron chi connectivity index (χ1n) is 5.30. The molecule has 1 aromatic rings. The molecule has 1 fully saturated rings. The third kappa shape index (κ3) is 3.26. The summed E-state index contributed by atoms with van der Waals surface area (Å²) in [5.74, 6) is 0. The van der Waals surface area contributed by atoms with E-state index in [0.717, 1.165) is 30.8 Å². The maximum atomic E-state index is 4.24. The highest BCUT2D eigenvalue weighted by Crippen LogP contribution is 2.10. The molecule has 1 aromatic heterocycles. The Balaban J connectivity index is 1.93. The van der Waals surface area contributed by atoms with Crippen LogP contribution < -0.4 is 5.32 Å². The van der Waals surface area contributed by atoms with Gasteiger partial charge in [0.1, 0.15) is 4.60 Å². The minimum atomic E-state index is 0.599. The minimum Gasteiger partial charge on any atom is -0.312 e. The van der Waals surface area contributed by atoms with E-state index in [-0.39, 0.29) is 0 Å². The van der Waals surface area contributed by atoms with E-state index in [9.17, 15) is 0 Å². The van der Waals surface area contributed by atoms with E-state index < -0.39 is 0 Å². The summed E-state index contributed by atoms with van der Waals surface area (Å²) in [4.78, 5) is 6.70. The van der Waals surface area contributed by atoms with Gasteiger partial charge in [-0.3, -0.25) is 4.90 Å². The SMILES string of the molecule is CC1CN(Cc2ccc(Br)nc2)CCN1. The number of rotatable bonds is 2. The first-order chi connectivity index (χ1) is 7.24. The van der Waals surface area contributed by atoms with Gasteiger partial charge in [0.2, 0.25) is 0 Å². The van der Waals surface area contributed by atoms with Crippen LogP contribution in [0.2, 0.25) is 0 Å². The molecule has 0 saturated carbocycles. The molecule has 0 aliphatic carbocycles. The van der Waals surface area contributed by atoms with Gasteiger partial charge < -0.3 is 5.32 Å². The fraction of sp³-hybridized carbons (Fsp3) is 0.545. The van der Waals surface area contributed by atoms with E-state index >= 15 is 0 Å². The molecule has 0 spiro atoms. The van der Waals surface area contributed by atoms with E-state index in [1.54, 1.807) is 0 Å². The average Bonchev–Trinajstić information content (AvgIpc) is 2.22. The highest BCUT2D eigenvalue weighted by molar-refractivity contribution is 9.10. The summed E-state index contributed by atoms with van der Waals surface area (Å²) in [6.45, 7) is 6.57. The summed E-state index contributed by atoms with van der Waals surface area (Å²) in [6.07, 6.45) is 1.94. The first-order valence-corrected chi connectivity index (χ1v) is 6.09. The van der Waals surface area contributed by atoms with Crippen LogP contribution >= 0.6 is 15.9 Å². The normalized spacial score (nSPS) is 22.9. The molecular weight excluding hydrogens is 254 g/mol. The Morgan fingerprint density at radius 3 is 3.13 bits per heavy atom. The van der Waals surface area contributed by atoms with Crippen molar-refractivity contribution in [2.45, 2.75) is 19.5 Å². The molecule has 1 aliphatic rings. The molecule has 2 heterocycles. The molecule has 15 heavy (non-hydrogen) atoms. The zero-order valence-electron chi connectivity index (χ0n) is 8.91. The lowest BCUT2D eigenvalue weighted by Crippen LogP contribution is -2.48. The number of nitrogens with zero attached hydrogens (tertiary/aromatic N) is 2. The Kier molecular flexibility index (Phi) is 3.72. The number of hydrogen-bond donors (Lipinski definition) is 1. The van der Waals surface area contributed by atoms with Gasteiger partial charge in [-0.2, -0.15) is 0 Å². The zero-order valence-corrected chi connectivity index (χ0v) is 10.5. The largest absolute Gasteiger partial charge is 0.312 e. The molecule has 2 rings (SSSR count). The van der Waals surface area contributed by atoms with Crippen molar-refractivity contribution in [3.8, 4) is 0 Å². The molecule has 0 radical (unpaired) electrons. The van der Waals surface area contributed by atoms with Crippen LogP contribution in [0.3, 0.4) is 0 Å². The van der Waals surface area contributed by atoms with Crippen LogP contribution in [-0.2, 0) is 6.54 Å². The van der Waals surface area contributed by atoms with E-state index in [0.29, 0.717) is 6.04 Å². The molecule has 0 bridgehead atoms. The van der Waals surface area contributed by atoms with Gasteiger partial charge in [0.05, 0.1) is 0 Å². The van der Waals surface area contributed by atoms with Crippen LogP contribution in [0.4, 0.5) is 0 Å². The second-order valence-corrected chi connectivity index (χ2v) is 4.89. The average molecular weight is 270 g/mol. The summed E-state index contributed by atoms with van der Waals surface area (Å²) in [6, 6.07) is 4.73. The maximum absolute atomic E-state index is 4.24. The number of aromatic nitrogens is 1. The Morgan fingerprint density at radius 2 is 2.47 bits per heavy atom. The van der Waals surface area contributed by atoms with Crippen LogP contribution in [0, 0.1) is 0 Å². The molecule has 1 unspecified atom stereocenters. The Labute approximate surface area is 99.0 Å². The zero-order chi connectivity index (χ0) is 10.7. The van der Waals surface area contributed by atoms with Crippen molar-refractivity contribution in [3.05, 3.63) is 28.5 Å².